The summed E-state index contributed by atoms with van der Waals surface area (Å²) in [4.78, 5) is 0. The molecule has 0 bridgehead atoms. The van der Waals surface area contributed by atoms with Crippen molar-refractivity contribution in [2.75, 3.05) is 0 Å². The van der Waals surface area contributed by atoms with Crippen LogP contribution in [0, 0.1) is 80.8 Å². The van der Waals surface area contributed by atoms with Crippen molar-refractivity contribution in [1.82, 2.24) is 0 Å². The largest absolute Gasteiger partial charge is 0.244 e. The average Bonchev–Trinajstić information content (AvgIpc) is 0.832. The van der Waals surface area contributed by atoms with Crippen LogP contribution in [0.4, 0.5) is 39.5 Å². The Bertz CT molecular complexity index is 1790. The molecule has 0 aromatic heterocycles. The molecule has 0 amide bonds. The van der Waals surface area contributed by atoms with Crippen molar-refractivity contribution in [1.29, 1.82) is 0 Å². The molecule has 0 rings (SSSR count). The third-order valence-electron chi connectivity index (χ3n) is 25.6. The molecule has 0 fully saturated rings. The first-order chi connectivity index (χ1) is 47.4. The Hall–Kier alpha value is -0.630. The highest BCUT2D eigenvalue weighted by molar-refractivity contribution is 4.91. The molecule has 0 radical (unpaired) electrons. The molecule has 9 heteroatoms. The lowest BCUT2D eigenvalue weighted by atomic mass is 9.65. The number of hydrogen-bond acceptors (Lipinski definition) is 0. The first-order valence-corrected chi connectivity index (χ1v) is 44.6. The number of halogens is 9. The minimum absolute atomic E-state index is 0.137. The molecule has 0 aromatic rings. The van der Waals surface area contributed by atoms with Gasteiger partial charge in [-0.05, 0) is 228 Å². The second-order valence-corrected chi connectivity index (χ2v) is 38.5. The van der Waals surface area contributed by atoms with Crippen LogP contribution in [-0.4, -0.2) is 51.0 Å². The van der Waals surface area contributed by atoms with E-state index in [-0.39, 0.29) is 35.0 Å². The van der Waals surface area contributed by atoms with Gasteiger partial charge in [0.15, 0.2) is 0 Å². The zero-order valence-electron chi connectivity index (χ0n) is 82.4. The molecule has 0 saturated heterocycles. The lowest BCUT2D eigenvalue weighted by molar-refractivity contribution is 0.00941. The van der Waals surface area contributed by atoms with Gasteiger partial charge < -0.3 is 0 Å². The second-order valence-electron chi connectivity index (χ2n) is 38.5. The van der Waals surface area contributed by atoms with E-state index in [0.29, 0.717) is 111 Å². The molecule has 0 aliphatic carbocycles. The van der Waals surface area contributed by atoms with Crippen LogP contribution in [0.5, 0.6) is 0 Å². The fourth-order valence-electron chi connectivity index (χ4n) is 14.8. The third kappa shape index (κ3) is 63.7. The Morgan fingerprint density at radius 1 is 0.226 bits per heavy atom. The van der Waals surface area contributed by atoms with E-state index in [1.807, 2.05) is 96.9 Å². The zero-order valence-corrected chi connectivity index (χ0v) is 82.4. The average molecular weight is 1540 g/mol. The van der Waals surface area contributed by atoms with Gasteiger partial charge in [0, 0.05) is 5.41 Å². The van der Waals surface area contributed by atoms with E-state index in [1.54, 1.807) is 69.2 Å². The monoisotopic (exact) mass is 1540 g/mol. The summed E-state index contributed by atoms with van der Waals surface area (Å²) in [5, 5.41) is 0. The summed E-state index contributed by atoms with van der Waals surface area (Å²) in [6, 6.07) is 0. The second kappa shape index (κ2) is 63.6. The molecule has 0 aromatic carbocycles. The van der Waals surface area contributed by atoms with Crippen molar-refractivity contribution in [3.63, 3.8) is 0 Å². The Labute approximate surface area is 667 Å². The summed E-state index contributed by atoms with van der Waals surface area (Å²) in [5.41, 5.74) is -7.24. The van der Waals surface area contributed by atoms with Crippen LogP contribution in [-0.2, 0) is 0 Å². The van der Waals surface area contributed by atoms with Gasteiger partial charge in [0.05, 0.1) is 0 Å². The summed E-state index contributed by atoms with van der Waals surface area (Å²) in [6.07, 6.45) is 21.9. The van der Waals surface area contributed by atoms with Gasteiger partial charge in [0.25, 0.3) is 0 Å². The molecule has 0 nitrogen and oxygen atoms in total. The van der Waals surface area contributed by atoms with Gasteiger partial charge in [-0.3, -0.25) is 0 Å². The molecule has 0 aliphatic rings. The summed E-state index contributed by atoms with van der Waals surface area (Å²) in [6.45, 7) is 98.8. The molecule has 0 heterocycles. The molecular formula is C97H207F9. The molecule has 0 spiro atoms. The van der Waals surface area contributed by atoms with Crippen molar-refractivity contribution >= 4 is 0 Å². The van der Waals surface area contributed by atoms with Crippen LogP contribution in [0.1, 0.15) is 500 Å². The lowest BCUT2D eigenvalue weighted by Gasteiger charge is -2.40. The van der Waals surface area contributed by atoms with Gasteiger partial charge in [0.1, 0.15) is 51.0 Å². The van der Waals surface area contributed by atoms with Gasteiger partial charge in [-0.15, -0.1) is 0 Å². The molecule has 0 aliphatic heterocycles. The van der Waals surface area contributed by atoms with Crippen molar-refractivity contribution in [2.24, 2.45) is 80.8 Å². The van der Waals surface area contributed by atoms with E-state index in [2.05, 4.69) is 173 Å². The molecule has 6 atom stereocenters. The predicted octanol–water partition coefficient (Wildman–Crippen LogP) is 38.1. The standard InChI is InChI=1S/C11H23F.3C10H21F.C10H22.C9H19F.C9H20.C8H17F.2C7H15F.C6H13F/c1-7-11(6,12)10(8(2)3)9(4)5;1-7(2)9(8(3)4)10(5,6)11;1-6-9(4,7-2)10(5,11)8-3;1-5-8-10(4,11)9(6-2)7-3;1-7-10(6,8-2)9(3,4)5;1-5-8(6-2)9(4,10)7-3;1-6-8(7-2)9(3,4)5;1-4-6-8(3,9)7-5-2;1-5-7(4,8)6(2)3;1-4-6-7(3,8)5-2;1-4-6(3,7)5-2/h8-10H,7H2,1-6H3;7-9H,1-6H3;6-8H2,1-5H3;9H,5-8H2,1-4H3;7-8H2,1-6H3;8H,5-7H2,1-4H3;8H,6-7H2,1-5H3;4-7H2,1-3H3;6H,5H2,1-4H3;4-6H2,1-3H3;4-5H2,1-3H3. The maximum absolute atomic E-state index is 14.0. The van der Waals surface area contributed by atoms with Crippen molar-refractivity contribution in [3.05, 3.63) is 0 Å². The normalized spacial score (nSPS) is 15.6. The van der Waals surface area contributed by atoms with Gasteiger partial charge in [-0.25, -0.2) is 39.5 Å². The lowest BCUT2D eigenvalue weighted by Crippen LogP contribution is -2.38. The summed E-state index contributed by atoms with van der Waals surface area (Å²) < 4.78 is 120. The zero-order chi connectivity index (χ0) is 88.0. The van der Waals surface area contributed by atoms with Crippen molar-refractivity contribution < 1.29 is 39.5 Å². The van der Waals surface area contributed by atoms with E-state index >= 15 is 0 Å². The molecular weight excluding hydrogens is 1340 g/mol. The molecule has 106 heavy (non-hydrogen) atoms. The number of hydrogen-bond donors (Lipinski definition) is 0. The van der Waals surface area contributed by atoms with Crippen LogP contribution < -0.4 is 0 Å². The first-order valence-electron chi connectivity index (χ1n) is 44.6. The van der Waals surface area contributed by atoms with Gasteiger partial charge >= 0.3 is 0 Å². The summed E-state index contributed by atoms with van der Waals surface area (Å²) in [7, 11) is 0. The maximum Gasteiger partial charge on any atom is 0.113 e. The fourth-order valence-corrected chi connectivity index (χ4v) is 14.8. The van der Waals surface area contributed by atoms with Crippen LogP contribution in [0.3, 0.4) is 0 Å². The molecule has 0 N–H and O–H groups in total. The highest BCUT2D eigenvalue weighted by atomic mass is 19.2. The number of alkyl halides is 9. The topological polar surface area (TPSA) is 0 Å². The van der Waals surface area contributed by atoms with Crippen LogP contribution in [0.15, 0.2) is 0 Å². The fraction of sp³-hybridized carbons (Fsp3) is 1.00. The SMILES string of the molecule is CC(C)C(C(C)C)C(C)(C)F.CCC(C)(CC)C(C)(C)C.CCC(C)(F)C(C(C)C)C(C)C.CCC(C)(F)C(C)(CC)CC.CCC(C)(F)C(C)C.CCC(C)(F)CC.CCC(CC)C(C)(C)C.CCC(CC)C(C)(F)CC.CCCC(C)(F)C(CC)CC.CCCC(C)(F)CC.CCCC(C)(F)CCC. The minimum atomic E-state index is -1.04. The van der Waals surface area contributed by atoms with Gasteiger partial charge in [-0.2, -0.15) is 0 Å². The minimum Gasteiger partial charge on any atom is -0.244 e. The van der Waals surface area contributed by atoms with Crippen molar-refractivity contribution in [2.45, 2.75) is 551 Å². The van der Waals surface area contributed by atoms with E-state index in [9.17, 15) is 39.5 Å². The third-order valence-corrected chi connectivity index (χ3v) is 25.6. The predicted molar refractivity (Wildman–Crippen MR) is 473 cm³/mol. The maximum atomic E-state index is 14.0. The Balaban J connectivity index is -0.000000104. The smallest absolute Gasteiger partial charge is 0.113 e. The quantitative estimate of drug-likeness (QED) is 0.0555. The first kappa shape index (κ1) is 129. The number of rotatable bonds is 35. The molecule has 0 saturated carbocycles. The van der Waals surface area contributed by atoms with E-state index in [1.165, 1.54) is 25.7 Å². The van der Waals surface area contributed by atoms with Gasteiger partial charge in [-0.1, -0.05) is 347 Å². The highest BCUT2D eigenvalue weighted by Crippen LogP contribution is 2.45. The Kier molecular flexibility index (Phi) is 77.4. The summed E-state index contributed by atoms with van der Waals surface area (Å²) >= 11 is 0. The van der Waals surface area contributed by atoms with Gasteiger partial charge in [0.2, 0.25) is 0 Å². The van der Waals surface area contributed by atoms with E-state index in [0.717, 1.165) is 70.1 Å². The van der Waals surface area contributed by atoms with Crippen LogP contribution in [0.2, 0.25) is 0 Å². The van der Waals surface area contributed by atoms with Crippen LogP contribution in [0.25, 0.3) is 0 Å². The molecule has 658 valence electrons. The summed E-state index contributed by atoms with van der Waals surface area (Å²) in [5.74, 6) is 3.61. The Morgan fingerprint density at radius 2 is 0.481 bits per heavy atom. The highest BCUT2D eigenvalue weighted by Gasteiger charge is 2.41. The van der Waals surface area contributed by atoms with E-state index in [4.69, 9.17) is 0 Å². The molecule has 6 unspecified atom stereocenters. The van der Waals surface area contributed by atoms with Crippen LogP contribution >= 0.6 is 0 Å². The van der Waals surface area contributed by atoms with Crippen molar-refractivity contribution in [3.8, 4) is 0 Å². The van der Waals surface area contributed by atoms with E-state index < -0.39 is 51.0 Å². The Morgan fingerprint density at radius 3 is 0.566 bits per heavy atom.